The van der Waals surface area contributed by atoms with Crippen molar-refractivity contribution in [3.05, 3.63) is 12.7 Å². The van der Waals surface area contributed by atoms with Gasteiger partial charge in [-0.15, -0.1) is 0 Å². The van der Waals surface area contributed by atoms with Gasteiger partial charge in [-0.25, -0.2) is 9.67 Å². The second kappa shape index (κ2) is 6.46. The van der Waals surface area contributed by atoms with Crippen LogP contribution in [0.25, 0.3) is 0 Å². The third kappa shape index (κ3) is 3.13. The zero-order valence-corrected chi connectivity index (χ0v) is 13.0. The van der Waals surface area contributed by atoms with Crippen LogP contribution in [0.2, 0.25) is 0 Å². The van der Waals surface area contributed by atoms with Gasteiger partial charge in [0.05, 0.1) is 6.04 Å². The highest BCUT2D eigenvalue weighted by molar-refractivity contribution is 5.80. The van der Waals surface area contributed by atoms with E-state index in [1.807, 2.05) is 14.5 Å². The summed E-state index contributed by atoms with van der Waals surface area (Å²) >= 11 is 0. The topological polar surface area (TPSA) is 71.3 Å². The third-order valence-corrected chi connectivity index (χ3v) is 4.81. The van der Waals surface area contributed by atoms with E-state index in [2.05, 4.69) is 10.1 Å². The molecule has 3 rings (SSSR count). The van der Waals surface area contributed by atoms with Crippen molar-refractivity contribution in [3.63, 3.8) is 0 Å². The Hall–Kier alpha value is -1.92. The van der Waals surface area contributed by atoms with Crippen molar-refractivity contribution in [2.24, 2.45) is 5.92 Å². The monoisotopic (exact) mass is 305 g/mol. The molecule has 0 N–H and O–H groups in total. The van der Waals surface area contributed by atoms with Gasteiger partial charge >= 0.3 is 0 Å². The van der Waals surface area contributed by atoms with Crippen LogP contribution in [-0.2, 0) is 9.59 Å². The Balaban J connectivity index is 1.57. The van der Waals surface area contributed by atoms with Crippen LogP contribution < -0.4 is 0 Å². The van der Waals surface area contributed by atoms with E-state index in [0.29, 0.717) is 13.1 Å². The van der Waals surface area contributed by atoms with Crippen LogP contribution in [0.5, 0.6) is 0 Å². The molecule has 0 radical (unpaired) electrons. The van der Waals surface area contributed by atoms with Gasteiger partial charge in [-0.3, -0.25) is 9.59 Å². The molecule has 7 nitrogen and oxygen atoms in total. The molecular weight excluding hydrogens is 282 g/mol. The SMILES string of the molecule is CC(=O)N1CCC(C(=O)N2CCCC(n3cncn3)C2)CC1. The first-order valence-corrected chi connectivity index (χ1v) is 8.03. The lowest BCUT2D eigenvalue weighted by Crippen LogP contribution is -2.47. The Morgan fingerprint density at radius 3 is 2.50 bits per heavy atom. The van der Waals surface area contributed by atoms with Gasteiger partial charge in [0.15, 0.2) is 0 Å². The lowest BCUT2D eigenvalue weighted by atomic mass is 9.94. The molecule has 22 heavy (non-hydrogen) atoms. The molecular formula is C15H23N5O2. The zero-order chi connectivity index (χ0) is 15.5. The van der Waals surface area contributed by atoms with Crippen molar-refractivity contribution < 1.29 is 9.59 Å². The van der Waals surface area contributed by atoms with Gasteiger partial charge in [-0.05, 0) is 25.7 Å². The minimum Gasteiger partial charge on any atom is -0.343 e. The van der Waals surface area contributed by atoms with Crippen LogP contribution in [0, 0.1) is 5.92 Å². The number of nitrogens with zero attached hydrogens (tertiary/aromatic N) is 5. The van der Waals surface area contributed by atoms with Gasteiger partial charge in [0.1, 0.15) is 12.7 Å². The molecule has 120 valence electrons. The Kier molecular flexibility index (Phi) is 4.40. The Morgan fingerprint density at radius 2 is 1.86 bits per heavy atom. The highest BCUT2D eigenvalue weighted by Crippen LogP contribution is 2.25. The lowest BCUT2D eigenvalue weighted by molar-refractivity contribution is -0.141. The van der Waals surface area contributed by atoms with Gasteiger partial charge in [0.2, 0.25) is 11.8 Å². The molecule has 0 saturated carbocycles. The van der Waals surface area contributed by atoms with E-state index in [-0.39, 0.29) is 23.8 Å². The Labute approximate surface area is 130 Å². The summed E-state index contributed by atoms with van der Waals surface area (Å²) in [6.45, 7) is 4.54. The van der Waals surface area contributed by atoms with Gasteiger partial charge in [0, 0.05) is 39.0 Å². The molecule has 7 heteroatoms. The molecule has 0 spiro atoms. The van der Waals surface area contributed by atoms with E-state index >= 15 is 0 Å². The van der Waals surface area contributed by atoms with Gasteiger partial charge in [-0.2, -0.15) is 5.10 Å². The molecule has 0 aliphatic carbocycles. The largest absolute Gasteiger partial charge is 0.343 e. The number of hydrogen-bond donors (Lipinski definition) is 0. The summed E-state index contributed by atoms with van der Waals surface area (Å²) in [4.78, 5) is 31.9. The van der Waals surface area contributed by atoms with Crippen molar-refractivity contribution in [2.75, 3.05) is 26.2 Å². The molecule has 1 atom stereocenters. The first-order valence-electron chi connectivity index (χ1n) is 8.03. The predicted molar refractivity (Wildman–Crippen MR) is 79.9 cm³/mol. The Morgan fingerprint density at radius 1 is 1.09 bits per heavy atom. The first-order chi connectivity index (χ1) is 10.6. The maximum atomic E-state index is 12.7. The smallest absolute Gasteiger partial charge is 0.225 e. The van der Waals surface area contributed by atoms with Gasteiger partial charge in [-0.1, -0.05) is 0 Å². The molecule has 1 unspecified atom stereocenters. The molecule has 1 aromatic heterocycles. The number of aromatic nitrogens is 3. The van der Waals surface area contributed by atoms with Crippen LogP contribution in [0.4, 0.5) is 0 Å². The first kappa shape index (κ1) is 15.0. The second-order valence-corrected chi connectivity index (χ2v) is 6.24. The van der Waals surface area contributed by atoms with E-state index < -0.39 is 0 Å². The highest BCUT2D eigenvalue weighted by Gasteiger charge is 2.32. The average Bonchev–Trinajstić information content (AvgIpc) is 3.09. The van der Waals surface area contributed by atoms with Crippen LogP contribution in [0.15, 0.2) is 12.7 Å². The lowest BCUT2D eigenvalue weighted by Gasteiger charge is -2.37. The fraction of sp³-hybridized carbons (Fsp3) is 0.733. The molecule has 2 aliphatic rings. The molecule has 1 aromatic rings. The Bertz CT molecular complexity index is 522. The number of likely N-dealkylation sites (tertiary alicyclic amines) is 2. The summed E-state index contributed by atoms with van der Waals surface area (Å²) in [6.07, 6.45) is 6.87. The van der Waals surface area contributed by atoms with E-state index in [1.54, 1.807) is 13.3 Å². The number of hydrogen-bond acceptors (Lipinski definition) is 4. The standard InChI is InChI=1S/C15H23N5O2/c1-12(21)18-7-4-13(5-8-18)15(22)19-6-2-3-14(9-19)20-11-16-10-17-20/h10-11,13-14H,2-9H2,1H3. The fourth-order valence-corrected chi connectivity index (χ4v) is 3.48. The van der Waals surface area contributed by atoms with Crippen LogP contribution in [-0.4, -0.2) is 62.6 Å². The molecule has 2 aliphatic heterocycles. The number of carbonyl (C=O) groups excluding carboxylic acids is 2. The maximum Gasteiger partial charge on any atom is 0.225 e. The highest BCUT2D eigenvalue weighted by atomic mass is 16.2. The van der Waals surface area contributed by atoms with E-state index in [0.717, 1.165) is 38.8 Å². The van der Waals surface area contributed by atoms with Gasteiger partial charge < -0.3 is 9.80 Å². The third-order valence-electron chi connectivity index (χ3n) is 4.81. The molecule has 2 saturated heterocycles. The predicted octanol–water partition coefficient (Wildman–Crippen LogP) is 0.700. The van der Waals surface area contributed by atoms with E-state index in [1.165, 1.54) is 6.33 Å². The fourth-order valence-electron chi connectivity index (χ4n) is 3.48. The van der Waals surface area contributed by atoms with Crippen LogP contribution >= 0.6 is 0 Å². The van der Waals surface area contributed by atoms with Crippen molar-refractivity contribution in [3.8, 4) is 0 Å². The molecule has 0 aromatic carbocycles. The summed E-state index contributed by atoms with van der Waals surface area (Å²) in [6, 6.07) is 0.234. The van der Waals surface area contributed by atoms with Crippen molar-refractivity contribution >= 4 is 11.8 Å². The molecule has 3 heterocycles. The summed E-state index contributed by atoms with van der Waals surface area (Å²) in [5, 5.41) is 4.20. The number of carbonyl (C=O) groups is 2. The van der Waals surface area contributed by atoms with Crippen LogP contribution in [0.1, 0.15) is 38.6 Å². The zero-order valence-electron chi connectivity index (χ0n) is 13.0. The number of piperidine rings is 2. The summed E-state index contributed by atoms with van der Waals surface area (Å²) < 4.78 is 1.86. The number of amides is 2. The normalized spacial score (nSPS) is 23.6. The summed E-state index contributed by atoms with van der Waals surface area (Å²) in [5.41, 5.74) is 0. The second-order valence-electron chi connectivity index (χ2n) is 6.24. The minimum atomic E-state index is 0.0603. The van der Waals surface area contributed by atoms with Crippen molar-refractivity contribution in [1.82, 2.24) is 24.6 Å². The number of rotatable bonds is 2. The quantitative estimate of drug-likeness (QED) is 0.806. The molecule has 2 amide bonds. The maximum absolute atomic E-state index is 12.7. The van der Waals surface area contributed by atoms with Crippen molar-refractivity contribution in [2.45, 2.75) is 38.6 Å². The van der Waals surface area contributed by atoms with E-state index in [4.69, 9.17) is 0 Å². The average molecular weight is 305 g/mol. The van der Waals surface area contributed by atoms with Gasteiger partial charge in [0.25, 0.3) is 0 Å². The van der Waals surface area contributed by atoms with E-state index in [9.17, 15) is 9.59 Å². The van der Waals surface area contributed by atoms with Crippen molar-refractivity contribution in [1.29, 1.82) is 0 Å². The molecule has 2 fully saturated rings. The minimum absolute atomic E-state index is 0.0603. The summed E-state index contributed by atoms with van der Waals surface area (Å²) in [5.74, 6) is 0.410. The molecule has 0 bridgehead atoms. The summed E-state index contributed by atoms with van der Waals surface area (Å²) in [7, 11) is 0. The van der Waals surface area contributed by atoms with Crippen LogP contribution in [0.3, 0.4) is 0 Å².